The molecule has 1 saturated heterocycles. The van der Waals surface area contributed by atoms with Gasteiger partial charge in [0.05, 0.1) is 40.9 Å². The predicted octanol–water partition coefficient (Wildman–Crippen LogP) is 4.84. The molecule has 5 heterocycles. The highest BCUT2D eigenvalue weighted by atomic mass is 32.1. The largest absolute Gasteiger partial charge is 0.390 e. The van der Waals surface area contributed by atoms with E-state index in [1.54, 1.807) is 11.3 Å². The maximum atomic E-state index is 10.7. The third kappa shape index (κ3) is 4.83. The van der Waals surface area contributed by atoms with Crippen molar-refractivity contribution in [3.8, 4) is 21.8 Å². The molecule has 6 rings (SSSR count). The third-order valence-corrected chi connectivity index (χ3v) is 7.92. The number of rotatable bonds is 8. The van der Waals surface area contributed by atoms with E-state index in [0.717, 1.165) is 67.2 Å². The number of fused-ring (bicyclic) bond motifs is 2. The van der Waals surface area contributed by atoms with E-state index in [0.29, 0.717) is 26.2 Å². The fraction of sp³-hybridized carbons (Fsp3) is 0.407. The van der Waals surface area contributed by atoms with Crippen molar-refractivity contribution in [3.63, 3.8) is 0 Å². The maximum Gasteiger partial charge on any atom is 0.137 e. The van der Waals surface area contributed by atoms with Crippen LogP contribution in [0.15, 0.2) is 36.7 Å². The number of nitrogens with zero attached hydrogens (tertiary/aromatic N) is 3. The minimum Gasteiger partial charge on any atom is -0.390 e. The quantitative estimate of drug-likeness (QED) is 0.233. The van der Waals surface area contributed by atoms with E-state index in [2.05, 4.69) is 54.5 Å². The first-order valence-electron chi connectivity index (χ1n) is 12.7. The zero-order chi connectivity index (χ0) is 25.6. The number of aromatic amines is 3. The Kier molecular flexibility index (Phi) is 6.37. The van der Waals surface area contributed by atoms with Crippen LogP contribution in [-0.4, -0.2) is 73.9 Å². The molecule has 0 spiro atoms. The molecule has 9 nitrogen and oxygen atoms in total. The van der Waals surface area contributed by atoms with Crippen LogP contribution in [0.5, 0.6) is 0 Å². The van der Waals surface area contributed by atoms with Gasteiger partial charge in [-0.05, 0) is 50.1 Å². The van der Waals surface area contributed by atoms with E-state index >= 15 is 0 Å². The number of thiophene rings is 1. The summed E-state index contributed by atoms with van der Waals surface area (Å²) in [4.78, 5) is 7.08. The Labute approximate surface area is 218 Å². The van der Waals surface area contributed by atoms with Gasteiger partial charge in [0.15, 0.2) is 0 Å². The van der Waals surface area contributed by atoms with Crippen LogP contribution >= 0.6 is 11.3 Å². The molecule has 5 aromatic rings. The van der Waals surface area contributed by atoms with Gasteiger partial charge < -0.3 is 19.6 Å². The van der Waals surface area contributed by atoms with Crippen molar-refractivity contribution in [3.05, 3.63) is 47.8 Å². The molecule has 194 valence electrons. The van der Waals surface area contributed by atoms with Gasteiger partial charge in [-0.1, -0.05) is 6.07 Å². The lowest BCUT2D eigenvalue weighted by Crippen LogP contribution is -2.40. The van der Waals surface area contributed by atoms with Crippen LogP contribution in [0.4, 0.5) is 0 Å². The Morgan fingerprint density at radius 2 is 2.03 bits per heavy atom. The van der Waals surface area contributed by atoms with Crippen LogP contribution < -0.4 is 0 Å². The summed E-state index contributed by atoms with van der Waals surface area (Å²) >= 11 is 1.69. The molecule has 0 saturated carbocycles. The van der Waals surface area contributed by atoms with Crippen molar-refractivity contribution in [2.75, 3.05) is 32.9 Å². The van der Waals surface area contributed by atoms with Crippen LogP contribution in [0, 0.1) is 0 Å². The normalized spacial score (nSPS) is 16.2. The Bertz CT molecular complexity index is 1500. The average molecular weight is 521 g/mol. The number of ether oxygens (including phenoxy) is 2. The molecule has 0 radical (unpaired) electrons. The minimum atomic E-state index is -0.851. The van der Waals surface area contributed by atoms with Gasteiger partial charge in [-0.25, -0.2) is 0 Å². The predicted molar refractivity (Wildman–Crippen MR) is 146 cm³/mol. The standard InChI is InChI=1S/C27H32N6O3S/c1-4-36-26(33-5-7-35-8-6-33)16-9-17(13-27(2,3)34)19-11-21(30-20(19)10-16)24-25-22(31-32-24)12-23(37-25)18-14-28-29-15-18/h9-12,14-15,26,30,34H,4-8,13H2,1-3H3,(H,28,29)(H,31,32). The summed E-state index contributed by atoms with van der Waals surface area (Å²) in [7, 11) is 0. The topological polar surface area (TPSA) is 115 Å². The van der Waals surface area contributed by atoms with Crippen molar-refractivity contribution in [1.82, 2.24) is 30.3 Å². The number of H-pyrrole nitrogens is 3. The van der Waals surface area contributed by atoms with Crippen LogP contribution in [-0.2, 0) is 15.9 Å². The number of hydrogen-bond donors (Lipinski definition) is 4. The first-order valence-corrected chi connectivity index (χ1v) is 13.5. The summed E-state index contributed by atoms with van der Waals surface area (Å²) in [6.07, 6.45) is 4.08. The summed E-state index contributed by atoms with van der Waals surface area (Å²) in [5, 5.41) is 26.6. The lowest BCUT2D eigenvalue weighted by atomic mass is 9.94. The molecule has 1 aromatic carbocycles. The van der Waals surface area contributed by atoms with Gasteiger partial charge in [0.2, 0.25) is 0 Å². The van der Waals surface area contributed by atoms with Crippen molar-refractivity contribution < 1.29 is 14.6 Å². The minimum absolute atomic E-state index is 0.169. The zero-order valence-corrected chi connectivity index (χ0v) is 22.1. The molecule has 37 heavy (non-hydrogen) atoms. The van der Waals surface area contributed by atoms with Gasteiger partial charge in [0.25, 0.3) is 0 Å². The summed E-state index contributed by atoms with van der Waals surface area (Å²) in [5.74, 6) is 0. The summed E-state index contributed by atoms with van der Waals surface area (Å²) in [6.45, 7) is 9.38. The molecule has 1 fully saturated rings. The summed E-state index contributed by atoms with van der Waals surface area (Å²) in [5.41, 5.74) is 6.19. The first-order chi connectivity index (χ1) is 17.9. The van der Waals surface area contributed by atoms with Crippen molar-refractivity contribution in [1.29, 1.82) is 0 Å². The van der Waals surface area contributed by atoms with Crippen LogP contribution in [0.3, 0.4) is 0 Å². The van der Waals surface area contributed by atoms with Gasteiger partial charge >= 0.3 is 0 Å². The third-order valence-electron chi connectivity index (χ3n) is 6.73. The molecular weight excluding hydrogens is 488 g/mol. The van der Waals surface area contributed by atoms with Gasteiger partial charge in [0, 0.05) is 53.7 Å². The highest BCUT2D eigenvalue weighted by Crippen LogP contribution is 2.39. The molecule has 4 N–H and O–H groups in total. The number of aliphatic hydroxyl groups is 1. The highest BCUT2D eigenvalue weighted by Gasteiger charge is 2.26. The van der Waals surface area contributed by atoms with E-state index in [-0.39, 0.29) is 6.23 Å². The van der Waals surface area contributed by atoms with E-state index < -0.39 is 5.60 Å². The number of hydrogen-bond acceptors (Lipinski definition) is 7. The molecule has 0 bridgehead atoms. The molecular formula is C27H32N6O3S. The van der Waals surface area contributed by atoms with E-state index in [1.165, 1.54) is 0 Å². The zero-order valence-electron chi connectivity index (χ0n) is 21.3. The molecule has 1 atom stereocenters. The van der Waals surface area contributed by atoms with Crippen molar-refractivity contribution in [2.24, 2.45) is 0 Å². The Balaban J connectivity index is 1.45. The lowest BCUT2D eigenvalue weighted by Gasteiger charge is -2.34. The monoisotopic (exact) mass is 520 g/mol. The molecule has 0 amide bonds. The highest BCUT2D eigenvalue weighted by molar-refractivity contribution is 7.22. The molecule has 10 heteroatoms. The second kappa shape index (κ2) is 9.70. The van der Waals surface area contributed by atoms with Gasteiger partial charge in [-0.3, -0.25) is 15.1 Å². The van der Waals surface area contributed by atoms with Crippen molar-refractivity contribution >= 4 is 32.5 Å². The molecule has 1 aliphatic rings. The molecule has 1 unspecified atom stereocenters. The van der Waals surface area contributed by atoms with Crippen LogP contribution in [0.1, 0.15) is 38.1 Å². The van der Waals surface area contributed by atoms with Gasteiger partial charge in [-0.15, -0.1) is 11.3 Å². The summed E-state index contributed by atoms with van der Waals surface area (Å²) < 4.78 is 12.9. The number of nitrogens with one attached hydrogen (secondary N) is 3. The van der Waals surface area contributed by atoms with E-state index in [1.807, 2.05) is 33.2 Å². The van der Waals surface area contributed by atoms with E-state index in [9.17, 15) is 5.11 Å². The van der Waals surface area contributed by atoms with E-state index in [4.69, 9.17) is 9.47 Å². The Morgan fingerprint density at radius 3 is 2.76 bits per heavy atom. The number of benzene rings is 1. The summed E-state index contributed by atoms with van der Waals surface area (Å²) in [6, 6.07) is 8.63. The molecule has 1 aliphatic heterocycles. The average Bonchev–Trinajstić information content (AvgIpc) is 3.65. The second-order valence-electron chi connectivity index (χ2n) is 10.2. The molecule has 0 aliphatic carbocycles. The van der Waals surface area contributed by atoms with Crippen LogP contribution in [0.2, 0.25) is 0 Å². The maximum absolute atomic E-state index is 10.7. The Hall–Kier alpha value is -3.02. The van der Waals surface area contributed by atoms with Gasteiger partial charge in [0.1, 0.15) is 11.9 Å². The SMILES string of the molecule is CCOC(c1cc(CC(C)(C)O)c2cc(-c3n[nH]c4cc(-c5cn[nH]c5)sc34)[nH]c2c1)N1CCOCC1. The first kappa shape index (κ1) is 24.3. The van der Waals surface area contributed by atoms with Crippen molar-refractivity contribution in [2.45, 2.75) is 39.0 Å². The fourth-order valence-corrected chi connectivity index (χ4v) is 6.22. The van der Waals surface area contributed by atoms with Crippen LogP contribution in [0.25, 0.3) is 42.9 Å². The smallest absolute Gasteiger partial charge is 0.137 e. The molecule has 4 aromatic heterocycles. The second-order valence-corrected chi connectivity index (χ2v) is 11.2. The Morgan fingerprint density at radius 1 is 1.19 bits per heavy atom. The lowest BCUT2D eigenvalue weighted by molar-refractivity contribution is -0.0957. The number of morpholine rings is 1. The van der Waals surface area contributed by atoms with Gasteiger partial charge in [-0.2, -0.15) is 10.2 Å². The number of aromatic nitrogens is 5. The fourth-order valence-electron chi connectivity index (χ4n) is 5.13.